The first kappa shape index (κ1) is 18.6. The van der Waals surface area contributed by atoms with E-state index in [1.165, 1.54) is 29.9 Å². The van der Waals surface area contributed by atoms with Crippen molar-refractivity contribution in [3.8, 4) is 0 Å². The summed E-state index contributed by atoms with van der Waals surface area (Å²) in [5, 5.41) is 4.19. The van der Waals surface area contributed by atoms with Crippen LogP contribution in [0.5, 0.6) is 0 Å². The molecule has 4 nitrogen and oxygen atoms in total. The zero-order valence-electron chi connectivity index (χ0n) is 15.6. The summed E-state index contributed by atoms with van der Waals surface area (Å²) >= 11 is 1.44. The van der Waals surface area contributed by atoms with Crippen LogP contribution in [0.25, 0.3) is 0 Å². The van der Waals surface area contributed by atoms with Gasteiger partial charge in [-0.25, -0.2) is 9.37 Å². The number of aryl methyl sites for hydroxylation is 1. The van der Waals surface area contributed by atoms with Crippen molar-refractivity contribution in [3.63, 3.8) is 0 Å². The lowest BCUT2D eigenvalue weighted by Crippen LogP contribution is -2.53. The van der Waals surface area contributed by atoms with Gasteiger partial charge in [-0.3, -0.25) is 4.79 Å². The van der Waals surface area contributed by atoms with Gasteiger partial charge in [0.2, 0.25) is 0 Å². The minimum Gasteiger partial charge on any atom is -0.348 e. The number of fused-ring (bicyclic) bond motifs is 2. The highest BCUT2D eigenvalue weighted by molar-refractivity contribution is 7.13. The maximum atomic E-state index is 13.1. The Hall–Kier alpha value is -1.79. The molecule has 1 aromatic heterocycles. The number of amides is 1. The van der Waals surface area contributed by atoms with Crippen LogP contribution in [0.3, 0.4) is 0 Å². The summed E-state index contributed by atoms with van der Waals surface area (Å²) in [6.45, 7) is 1.89. The first-order chi connectivity index (χ1) is 13.0. The largest absolute Gasteiger partial charge is 0.348 e. The molecule has 2 aliphatic rings. The normalized spacial score (nSPS) is 27.4. The molecule has 3 N–H and O–H groups in total. The molecule has 0 aliphatic heterocycles. The van der Waals surface area contributed by atoms with Crippen LogP contribution in [-0.4, -0.2) is 23.0 Å². The van der Waals surface area contributed by atoms with Crippen LogP contribution in [0, 0.1) is 24.6 Å². The van der Waals surface area contributed by atoms with E-state index in [0.29, 0.717) is 23.1 Å². The van der Waals surface area contributed by atoms with Crippen molar-refractivity contribution in [3.05, 3.63) is 51.2 Å². The second-order valence-electron chi connectivity index (χ2n) is 8.01. The van der Waals surface area contributed by atoms with E-state index in [-0.39, 0.29) is 23.8 Å². The van der Waals surface area contributed by atoms with Crippen LogP contribution in [0.1, 0.15) is 58.0 Å². The molecular formula is C21H26FN3OS. The van der Waals surface area contributed by atoms with Crippen molar-refractivity contribution in [2.24, 2.45) is 17.6 Å². The van der Waals surface area contributed by atoms with Gasteiger partial charge in [-0.05, 0) is 62.1 Å². The predicted molar refractivity (Wildman–Crippen MR) is 105 cm³/mol. The van der Waals surface area contributed by atoms with Gasteiger partial charge in [0.25, 0.3) is 5.91 Å². The summed E-state index contributed by atoms with van der Waals surface area (Å²) in [4.78, 5) is 18.2. The molecule has 0 spiro atoms. The molecular weight excluding hydrogens is 361 g/mol. The highest BCUT2D eigenvalue weighted by atomic mass is 32.1. The average Bonchev–Trinajstić information content (AvgIpc) is 2.98. The molecule has 0 radical (unpaired) electrons. The van der Waals surface area contributed by atoms with Gasteiger partial charge in [0.15, 0.2) is 0 Å². The lowest BCUT2D eigenvalue weighted by atomic mass is 9.67. The predicted octanol–water partition coefficient (Wildman–Crippen LogP) is 3.82. The second kappa shape index (κ2) is 7.68. The molecule has 1 heterocycles. The van der Waals surface area contributed by atoms with E-state index in [2.05, 4.69) is 10.3 Å². The van der Waals surface area contributed by atoms with E-state index < -0.39 is 0 Å². The van der Waals surface area contributed by atoms with Crippen LogP contribution in [0.2, 0.25) is 0 Å². The third-order valence-electron chi connectivity index (χ3n) is 5.99. The Morgan fingerprint density at radius 1 is 1.26 bits per heavy atom. The van der Waals surface area contributed by atoms with Crippen LogP contribution in [-0.2, 0) is 6.42 Å². The van der Waals surface area contributed by atoms with Crippen molar-refractivity contribution >= 4 is 17.2 Å². The van der Waals surface area contributed by atoms with Gasteiger partial charge in [0.05, 0.1) is 10.7 Å². The monoisotopic (exact) mass is 387 g/mol. The van der Waals surface area contributed by atoms with Crippen molar-refractivity contribution in [1.82, 2.24) is 10.3 Å². The highest BCUT2D eigenvalue weighted by Gasteiger charge is 2.40. The fraction of sp³-hybridized carbons (Fsp3) is 0.524. The summed E-state index contributed by atoms with van der Waals surface area (Å²) in [7, 11) is 0. The van der Waals surface area contributed by atoms with E-state index in [9.17, 15) is 9.18 Å². The van der Waals surface area contributed by atoms with Gasteiger partial charge in [-0.2, -0.15) is 0 Å². The van der Waals surface area contributed by atoms with Crippen molar-refractivity contribution < 1.29 is 9.18 Å². The van der Waals surface area contributed by atoms with Crippen molar-refractivity contribution in [2.45, 2.75) is 57.5 Å². The third-order valence-corrected chi connectivity index (χ3v) is 7.15. The Kier molecular flexibility index (Phi) is 5.28. The van der Waals surface area contributed by atoms with Gasteiger partial charge in [-0.1, -0.05) is 18.6 Å². The number of hydrogen-bond acceptors (Lipinski definition) is 4. The Morgan fingerprint density at radius 2 is 1.93 bits per heavy atom. The number of thiazole rings is 1. The number of aromatic nitrogens is 1. The molecule has 1 aromatic carbocycles. The zero-order chi connectivity index (χ0) is 19.0. The summed E-state index contributed by atoms with van der Waals surface area (Å²) in [5.41, 5.74) is 7.96. The van der Waals surface area contributed by atoms with E-state index in [1.807, 2.05) is 6.92 Å². The lowest BCUT2D eigenvalue weighted by Gasteiger charge is -2.45. The number of halogens is 1. The molecule has 2 saturated carbocycles. The Morgan fingerprint density at radius 3 is 2.59 bits per heavy atom. The van der Waals surface area contributed by atoms with E-state index >= 15 is 0 Å². The molecule has 2 aliphatic carbocycles. The Balaban J connectivity index is 1.46. The molecule has 4 rings (SSSR count). The van der Waals surface area contributed by atoms with E-state index in [0.717, 1.165) is 41.9 Å². The number of nitrogens with one attached hydrogen (secondary N) is 1. The van der Waals surface area contributed by atoms with E-state index in [4.69, 9.17) is 5.73 Å². The number of nitrogens with two attached hydrogens (primary N) is 1. The fourth-order valence-electron chi connectivity index (χ4n) is 4.76. The van der Waals surface area contributed by atoms with Crippen LogP contribution >= 0.6 is 11.3 Å². The number of rotatable bonds is 4. The van der Waals surface area contributed by atoms with Gasteiger partial charge in [0, 0.05) is 18.5 Å². The minimum atomic E-state index is -0.244. The van der Waals surface area contributed by atoms with E-state index in [1.54, 1.807) is 12.1 Å². The molecule has 144 valence electrons. The first-order valence-corrected chi connectivity index (χ1v) is 10.6. The average molecular weight is 388 g/mol. The molecule has 27 heavy (non-hydrogen) atoms. The summed E-state index contributed by atoms with van der Waals surface area (Å²) < 4.78 is 13.1. The van der Waals surface area contributed by atoms with Gasteiger partial charge in [-0.15, -0.1) is 11.3 Å². The standard InChI is InChI=1S/C21H26FN3OS/c1-12-20(27-18(24-12)9-13-5-7-16(22)8-6-13)21(26)25-19-14-3-2-4-15(19)11-17(23)10-14/h5-8,14-15,17,19H,2-4,9-11,23H2,1H3,(H,25,26). The van der Waals surface area contributed by atoms with Crippen molar-refractivity contribution in [2.75, 3.05) is 0 Å². The second-order valence-corrected chi connectivity index (χ2v) is 9.09. The number of benzene rings is 1. The van der Waals surface area contributed by atoms with Crippen molar-refractivity contribution in [1.29, 1.82) is 0 Å². The number of nitrogens with zero attached hydrogens (tertiary/aromatic N) is 1. The molecule has 1 amide bonds. The number of hydrogen-bond donors (Lipinski definition) is 2. The van der Waals surface area contributed by atoms with Crippen LogP contribution in [0.4, 0.5) is 4.39 Å². The molecule has 2 fully saturated rings. The minimum absolute atomic E-state index is 0.00673. The quantitative estimate of drug-likeness (QED) is 0.838. The highest BCUT2D eigenvalue weighted by Crippen LogP contribution is 2.40. The smallest absolute Gasteiger partial charge is 0.263 e. The molecule has 6 heteroatoms. The maximum Gasteiger partial charge on any atom is 0.263 e. The molecule has 2 bridgehead atoms. The molecule has 0 saturated heterocycles. The molecule has 2 atom stereocenters. The Bertz CT molecular complexity index is 805. The SMILES string of the molecule is Cc1nc(Cc2ccc(F)cc2)sc1C(=O)NC1C2CCCC1CC(N)C2. The third kappa shape index (κ3) is 4.06. The lowest BCUT2D eigenvalue weighted by molar-refractivity contribution is 0.0759. The fourth-order valence-corrected chi connectivity index (χ4v) is 5.76. The first-order valence-electron chi connectivity index (χ1n) is 9.77. The number of carbonyl (C=O) groups is 1. The zero-order valence-corrected chi connectivity index (χ0v) is 16.4. The van der Waals surface area contributed by atoms with Gasteiger partial charge < -0.3 is 11.1 Å². The number of carbonyl (C=O) groups excluding carboxylic acids is 1. The summed E-state index contributed by atoms with van der Waals surface area (Å²) in [6, 6.07) is 6.96. The van der Waals surface area contributed by atoms with Gasteiger partial charge >= 0.3 is 0 Å². The molecule has 2 aromatic rings. The molecule has 2 unspecified atom stereocenters. The summed E-state index contributed by atoms with van der Waals surface area (Å²) in [5.74, 6) is 0.756. The van der Waals surface area contributed by atoms with Gasteiger partial charge in [0.1, 0.15) is 10.7 Å². The maximum absolute atomic E-state index is 13.1. The summed E-state index contributed by atoms with van der Waals surface area (Å²) in [6.07, 6.45) is 6.20. The Labute approximate surface area is 163 Å². The van der Waals surface area contributed by atoms with Crippen LogP contribution < -0.4 is 11.1 Å². The van der Waals surface area contributed by atoms with Crippen LogP contribution in [0.15, 0.2) is 24.3 Å². The topological polar surface area (TPSA) is 68.0 Å².